The quantitative estimate of drug-likeness (QED) is 0.873. The summed E-state index contributed by atoms with van der Waals surface area (Å²) in [5.41, 5.74) is 2.14. The molecule has 1 fully saturated rings. The number of aliphatic hydroxyl groups excluding tert-OH is 1. The van der Waals surface area contributed by atoms with E-state index < -0.39 is 0 Å². The van der Waals surface area contributed by atoms with E-state index >= 15 is 0 Å². The molecule has 1 N–H and O–H groups in total. The van der Waals surface area contributed by atoms with Crippen LogP contribution in [0.5, 0.6) is 0 Å². The Hall–Kier alpha value is -1.76. The van der Waals surface area contributed by atoms with Crippen LogP contribution in [-0.2, 0) is 6.54 Å². The number of aliphatic hydroxyl groups is 1. The zero-order chi connectivity index (χ0) is 16.9. The molecule has 0 bridgehead atoms. The smallest absolute Gasteiger partial charge is 0.247 e. The van der Waals surface area contributed by atoms with Crippen LogP contribution in [0.1, 0.15) is 24.8 Å². The summed E-state index contributed by atoms with van der Waals surface area (Å²) in [4.78, 5) is 4.69. The van der Waals surface area contributed by atoms with Gasteiger partial charge in [-0.05, 0) is 25.5 Å². The van der Waals surface area contributed by atoms with E-state index in [1.165, 1.54) is 5.56 Å². The molecular formula is C18H26N4O2. The fourth-order valence-corrected chi connectivity index (χ4v) is 3.19. The second kappa shape index (κ2) is 7.88. The Morgan fingerprint density at radius 2 is 2.00 bits per heavy atom. The van der Waals surface area contributed by atoms with E-state index in [0.29, 0.717) is 18.3 Å². The van der Waals surface area contributed by atoms with Crippen LogP contribution in [0.15, 0.2) is 28.7 Å². The first-order valence-electron chi connectivity index (χ1n) is 8.66. The van der Waals surface area contributed by atoms with Crippen LogP contribution in [-0.4, -0.2) is 63.9 Å². The third-order valence-electron chi connectivity index (χ3n) is 4.70. The van der Waals surface area contributed by atoms with Gasteiger partial charge in [0.1, 0.15) is 0 Å². The van der Waals surface area contributed by atoms with Crippen LogP contribution in [0.2, 0.25) is 0 Å². The van der Waals surface area contributed by atoms with Crippen LogP contribution >= 0.6 is 0 Å². The lowest BCUT2D eigenvalue weighted by atomic mass is 10.1. The molecule has 1 atom stereocenters. The molecule has 2 aromatic rings. The van der Waals surface area contributed by atoms with Crippen LogP contribution in [0, 0.1) is 6.92 Å². The normalized spacial score (nSPS) is 18.0. The second-order valence-electron chi connectivity index (χ2n) is 6.43. The van der Waals surface area contributed by atoms with Crippen molar-refractivity contribution in [3.8, 4) is 11.5 Å². The van der Waals surface area contributed by atoms with Gasteiger partial charge in [0, 0.05) is 37.8 Å². The zero-order valence-corrected chi connectivity index (χ0v) is 14.5. The molecule has 0 amide bonds. The lowest BCUT2D eigenvalue weighted by molar-refractivity contribution is 0.0577. The van der Waals surface area contributed by atoms with Crippen molar-refractivity contribution in [3.05, 3.63) is 35.7 Å². The summed E-state index contributed by atoms with van der Waals surface area (Å²) in [5, 5.41) is 17.8. The fraction of sp³-hybridized carbons (Fsp3) is 0.556. The van der Waals surface area contributed by atoms with Crippen molar-refractivity contribution in [3.63, 3.8) is 0 Å². The van der Waals surface area contributed by atoms with E-state index in [1.807, 2.05) is 12.1 Å². The Balaban J connectivity index is 1.56. The summed E-state index contributed by atoms with van der Waals surface area (Å²) in [6.45, 7) is 8.95. The first-order chi connectivity index (χ1) is 11.7. The van der Waals surface area contributed by atoms with Gasteiger partial charge >= 0.3 is 0 Å². The fourth-order valence-electron chi connectivity index (χ4n) is 3.19. The van der Waals surface area contributed by atoms with E-state index in [9.17, 15) is 5.11 Å². The third-order valence-corrected chi connectivity index (χ3v) is 4.70. The predicted octanol–water partition coefficient (Wildman–Crippen LogP) is 1.93. The molecule has 0 radical (unpaired) electrons. The molecule has 6 nitrogen and oxygen atoms in total. The van der Waals surface area contributed by atoms with Gasteiger partial charge in [-0.15, -0.1) is 10.2 Å². The van der Waals surface area contributed by atoms with E-state index in [0.717, 1.165) is 38.2 Å². The topological polar surface area (TPSA) is 65.6 Å². The minimum Gasteiger partial charge on any atom is -0.419 e. The molecule has 1 aromatic carbocycles. The van der Waals surface area contributed by atoms with Crippen LogP contribution < -0.4 is 0 Å². The second-order valence-corrected chi connectivity index (χ2v) is 6.43. The van der Waals surface area contributed by atoms with Crippen molar-refractivity contribution in [2.45, 2.75) is 32.9 Å². The van der Waals surface area contributed by atoms with Gasteiger partial charge in [0.15, 0.2) is 0 Å². The molecular weight excluding hydrogens is 304 g/mol. The van der Waals surface area contributed by atoms with Crippen molar-refractivity contribution < 1.29 is 9.52 Å². The largest absolute Gasteiger partial charge is 0.419 e. The van der Waals surface area contributed by atoms with Gasteiger partial charge in [0.25, 0.3) is 0 Å². The van der Waals surface area contributed by atoms with Crippen LogP contribution in [0.3, 0.4) is 0 Å². The summed E-state index contributed by atoms with van der Waals surface area (Å²) in [6.07, 6.45) is 0.986. The summed E-state index contributed by atoms with van der Waals surface area (Å²) >= 11 is 0. The van der Waals surface area contributed by atoms with Gasteiger partial charge in [-0.2, -0.15) is 0 Å². The number of rotatable bonds is 6. The highest BCUT2D eigenvalue weighted by Gasteiger charge is 2.23. The third kappa shape index (κ3) is 4.01. The van der Waals surface area contributed by atoms with Crippen molar-refractivity contribution >= 4 is 0 Å². The summed E-state index contributed by atoms with van der Waals surface area (Å²) < 4.78 is 5.83. The average molecular weight is 330 g/mol. The number of piperazine rings is 1. The highest BCUT2D eigenvalue weighted by Crippen LogP contribution is 2.20. The molecule has 0 aliphatic carbocycles. The maximum absolute atomic E-state index is 9.42. The van der Waals surface area contributed by atoms with Gasteiger partial charge in [-0.3, -0.25) is 9.80 Å². The van der Waals surface area contributed by atoms with Crippen LogP contribution in [0.4, 0.5) is 0 Å². The zero-order valence-electron chi connectivity index (χ0n) is 14.5. The van der Waals surface area contributed by atoms with Gasteiger partial charge in [-0.25, -0.2) is 0 Å². The number of hydrogen-bond acceptors (Lipinski definition) is 6. The van der Waals surface area contributed by atoms with Crippen LogP contribution in [0.25, 0.3) is 11.5 Å². The molecule has 2 heterocycles. The van der Waals surface area contributed by atoms with Gasteiger partial charge in [0.05, 0.1) is 13.2 Å². The first-order valence-corrected chi connectivity index (χ1v) is 8.66. The standard InChI is InChI=1S/C18H26N4O2/c1-3-16(13-23)22-9-7-21(8-10-22)12-17-19-20-18(24-17)15-6-4-5-14(2)11-15/h4-6,11,16,23H,3,7-10,12-13H2,1-2H3. The Labute approximate surface area is 143 Å². The first kappa shape index (κ1) is 17.1. The Bertz CT molecular complexity index is 646. The monoisotopic (exact) mass is 330 g/mol. The van der Waals surface area contributed by atoms with Crippen molar-refractivity contribution in [1.29, 1.82) is 0 Å². The Morgan fingerprint density at radius 1 is 1.21 bits per heavy atom. The molecule has 0 spiro atoms. The van der Waals surface area contributed by atoms with Gasteiger partial charge in [0.2, 0.25) is 11.8 Å². The summed E-state index contributed by atoms with van der Waals surface area (Å²) in [5.74, 6) is 1.24. The lowest BCUT2D eigenvalue weighted by Crippen LogP contribution is -2.50. The number of hydrogen-bond donors (Lipinski definition) is 1. The van der Waals surface area contributed by atoms with Crippen molar-refractivity contribution in [2.24, 2.45) is 0 Å². The highest BCUT2D eigenvalue weighted by molar-refractivity contribution is 5.53. The minimum atomic E-state index is 0.236. The molecule has 24 heavy (non-hydrogen) atoms. The average Bonchev–Trinajstić information content (AvgIpc) is 3.06. The Morgan fingerprint density at radius 3 is 2.67 bits per heavy atom. The minimum absolute atomic E-state index is 0.236. The number of nitrogens with zero attached hydrogens (tertiary/aromatic N) is 4. The highest BCUT2D eigenvalue weighted by atomic mass is 16.4. The lowest BCUT2D eigenvalue weighted by Gasteiger charge is -2.37. The van der Waals surface area contributed by atoms with E-state index in [-0.39, 0.29) is 12.6 Å². The van der Waals surface area contributed by atoms with Gasteiger partial charge in [-0.1, -0.05) is 24.6 Å². The summed E-state index contributed by atoms with van der Waals surface area (Å²) in [6, 6.07) is 8.37. The molecule has 1 unspecified atom stereocenters. The molecule has 1 aliphatic rings. The maximum Gasteiger partial charge on any atom is 0.247 e. The van der Waals surface area contributed by atoms with E-state index in [4.69, 9.17) is 4.42 Å². The molecule has 3 rings (SSSR count). The predicted molar refractivity (Wildman–Crippen MR) is 92.5 cm³/mol. The van der Waals surface area contributed by atoms with Gasteiger partial charge < -0.3 is 9.52 Å². The number of aromatic nitrogens is 2. The summed E-state index contributed by atoms with van der Waals surface area (Å²) in [7, 11) is 0. The molecule has 1 saturated heterocycles. The molecule has 6 heteroatoms. The molecule has 0 saturated carbocycles. The maximum atomic E-state index is 9.42. The molecule has 130 valence electrons. The van der Waals surface area contributed by atoms with E-state index in [2.05, 4.69) is 46.0 Å². The number of benzene rings is 1. The molecule has 1 aliphatic heterocycles. The SMILES string of the molecule is CCC(CO)N1CCN(Cc2nnc(-c3cccc(C)c3)o2)CC1. The van der Waals surface area contributed by atoms with E-state index in [1.54, 1.807) is 0 Å². The van der Waals surface area contributed by atoms with Crippen molar-refractivity contribution in [1.82, 2.24) is 20.0 Å². The molecule has 1 aromatic heterocycles. The number of aryl methyl sites for hydroxylation is 1. The van der Waals surface area contributed by atoms with Crippen molar-refractivity contribution in [2.75, 3.05) is 32.8 Å². The Kier molecular flexibility index (Phi) is 5.60.